The lowest BCUT2D eigenvalue weighted by Crippen LogP contribution is -2.61. The molecule has 4 aliphatic rings. The van der Waals surface area contributed by atoms with Gasteiger partial charge in [0, 0.05) is 44.9 Å². The highest BCUT2D eigenvalue weighted by Gasteiger charge is 2.49. The van der Waals surface area contributed by atoms with E-state index in [0.717, 1.165) is 110 Å². The summed E-state index contributed by atoms with van der Waals surface area (Å²) in [6, 6.07) is 61.5. The summed E-state index contributed by atoms with van der Waals surface area (Å²) in [4.78, 5) is 7.63. The third-order valence-corrected chi connectivity index (χ3v) is 18.5. The molecule has 2 aliphatic carbocycles. The van der Waals surface area contributed by atoms with Gasteiger partial charge in [-0.25, -0.2) is 0 Å². The van der Waals surface area contributed by atoms with Crippen molar-refractivity contribution in [3.8, 4) is 0 Å². The van der Waals surface area contributed by atoms with Gasteiger partial charge in [0.2, 0.25) is 0 Å². The average Bonchev–Trinajstić information content (AvgIpc) is 4.16. The molecule has 0 spiro atoms. The topological polar surface area (TPSA) is 36.0 Å². The smallest absolute Gasteiger partial charge is 0.297 e. The van der Waals surface area contributed by atoms with E-state index in [-0.39, 0.29) is 33.8 Å². The fourth-order valence-electron chi connectivity index (χ4n) is 13.9. The zero-order valence-electron chi connectivity index (χ0n) is 46.2. The van der Waals surface area contributed by atoms with Crippen LogP contribution in [0.2, 0.25) is 0 Å². The van der Waals surface area contributed by atoms with Crippen molar-refractivity contribution in [3.63, 3.8) is 0 Å². The van der Waals surface area contributed by atoms with E-state index in [2.05, 4.69) is 255 Å². The van der Waals surface area contributed by atoms with Crippen LogP contribution in [0.5, 0.6) is 0 Å². The van der Waals surface area contributed by atoms with Gasteiger partial charge in [0.05, 0.1) is 28.1 Å². The molecule has 0 saturated carbocycles. The van der Waals surface area contributed by atoms with Gasteiger partial charge in [-0.05, 0) is 176 Å². The summed E-state index contributed by atoms with van der Waals surface area (Å²) in [5, 5.41) is 3.36. The van der Waals surface area contributed by atoms with Crippen molar-refractivity contribution in [1.29, 1.82) is 0 Å². The monoisotopic (exact) mass is 994 g/mol. The molecule has 0 fully saturated rings. The number of para-hydroxylation sites is 3. The van der Waals surface area contributed by atoms with Gasteiger partial charge in [0.1, 0.15) is 16.7 Å². The lowest BCUT2D eigenvalue weighted by Gasteiger charge is -2.45. The van der Waals surface area contributed by atoms with E-state index in [4.69, 9.17) is 8.83 Å². The summed E-state index contributed by atoms with van der Waals surface area (Å²) in [7, 11) is 0. The minimum absolute atomic E-state index is 0.00407. The fourth-order valence-corrected chi connectivity index (χ4v) is 13.9. The third-order valence-electron chi connectivity index (χ3n) is 18.5. The molecule has 0 atom stereocenters. The number of hydrogen-bond acceptors (Lipinski definition) is 5. The minimum atomic E-state index is -0.237. The lowest BCUT2D eigenvalue weighted by molar-refractivity contribution is 0.332. The van der Waals surface area contributed by atoms with Crippen molar-refractivity contribution < 1.29 is 8.83 Å². The van der Waals surface area contributed by atoms with Gasteiger partial charge in [-0.1, -0.05) is 155 Å². The molecule has 14 rings (SSSR count). The predicted octanol–water partition coefficient (Wildman–Crippen LogP) is 17.9. The van der Waals surface area contributed by atoms with Crippen LogP contribution in [0.1, 0.15) is 130 Å². The molecule has 0 bridgehead atoms. The molecule has 8 aromatic carbocycles. The van der Waals surface area contributed by atoms with Crippen molar-refractivity contribution >= 4 is 107 Å². The SMILES string of the molecule is CC(C)(C)c1ccc2c(c1)B1c3oc4cc5c(cc4c3N(c3ccc4c(c3)C(C)(C)CCC4(C)C)c3cc(N(c4ccccc4)c4ccccc4)cc(c31)N2c1cccc2oc3ccccc3c12)C(C)(C)CCC5(C)C. The van der Waals surface area contributed by atoms with Crippen molar-refractivity contribution in [2.75, 3.05) is 14.7 Å². The van der Waals surface area contributed by atoms with Crippen molar-refractivity contribution in [3.05, 3.63) is 192 Å². The number of fused-ring (bicyclic) bond motifs is 11. The first-order chi connectivity index (χ1) is 36.3. The summed E-state index contributed by atoms with van der Waals surface area (Å²) in [5.74, 6) is 0. The van der Waals surface area contributed by atoms with E-state index in [1.165, 1.54) is 44.1 Å². The molecule has 10 aromatic rings. The van der Waals surface area contributed by atoms with Crippen LogP contribution in [0.4, 0.5) is 51.2 Å². The number of nitrogens with zero attached hydrogens (tertiary/aromatic N) is 3. The second kappa shape index (κ2) is 16.1. The Morgan fingerprint density at radius 1 is 0.447 bits per heavy atom. The van der Waals surface area contributed by atoms with E-state index in [1.54, 1.807) is 0 Å². The second-order valence-corrected chi connectivity index (χ2v) is 26.3. The van der Waals surface area contributed by atoms with Gasteiger partial charge in [0.25, 0.3) is 6.71 Å². The van der Waals surface area contributed by atoms with Crippen LogP contribution in [-0.4, -0.2) is 6.71 Å². The maximum Gasteiger partial charge on any atom is 0.297 e. The van der Waals surface area contributed by atoms with Crippen LogP contribution < -0.4 is 31.3 Å². The van der Waals surface area contributed by atoms with Crippen molar-refractivity contribution in [2.24, 2.45) is 0 Å². The minimum Gasteiger partial charge on any atom is -0.468 e. The first-order valence-electron chi connectivity index (χ1n) is 27.8. The molecule has 378 valence electrons. The molecule has 0 N–H and O–H groups in total. The first-order valence-corrected chi connectivity index (χ1v) is 27.8. The van der Waals surface area contributed by atoms with Crippen LogP contribution in [0, 0.1) is 0 Å². The van der Waals surface area contributed by atoms with Crippen LogP contribution in [-0.2, 0) is 27.1 Å². The van der Waals surface area contributed by atoms with E-state index >= 15 is 0 Å². The van der Waals surface area contributed by atoms with E-state index in [0.29, 0.717) is 0 Å². The Labute approximate surface area is 449 Å². The number of benzene rings is 8. The molecule has 2 aromatic heterocycles. The zero-order chi connectivity index (χ0) is 52.4. The van der Waals surface area contributed by atoms with Crippen LogP contribution >= 0.6 is 0 Å². The standard InChI is InChI=1S/C70H68BN3O2/c1-66(2,3)43-29-32-55-54(37-43)71-63-57(39-47(72(44-21-14-12-15-22-44)45-23-16-13-17-24-45)40-58(63)74(55)56-26-20-28-60-62(56)48-25-18-19-27-59(48)75-60)73(46-30-31-50-51(38-46)68(6,7)34-33-67(50,4)5)64-49-41-52-53(42-61(49)76-65(64)71)70(10,11)36-35-69(52,8)9/h12-32,37-42H,33-36H2,1-11H3. The molecule has 0 saturated heterocycles. The van der Waals surface area contributed by atoms with Crippen molar-refractivity contribution in [2.45, 2.75) is 129 Å². The summed E-state index contributed by atoms with van der Waals surface area (Å²) in [6.45, 7) is 26.3. The van der Waals surface area contributed by atoms with Gasteiger partial charge in [0.15, 0.2) is 0 Å². The zero-order valence-corrected chi connectivity index (χ0v) is 46.2. The molecule has 0 radical (unpaired) electrons. The number of hydrogen-bond donors (Lipinski definition) is 0. The Morgan fingerprint density at radius 3 is 1.68 bits per heavy atom. The third kappa shape index (κ3) is 6.91. The summed E-state index contributed by atoms with van der Waals surface area (Å²) in [5.41, 5.74) is 23.1. The van der Waals surface area contributed by atoms with Gasteiger partial charge in [-0.3, -0.25) is 0 Å². The van der Waals surface area contributed by atoms with Gasteiger partial charge in [-0.2, -0.15) is 0 Å². The van der Waals surface area contributed by atoms with E-state index in [1.807, 2.05) is 0 Å². The maximum absolute atomic E-state index is 7.78. The van der Waals surface area contributed by atoms with E-state index in [9.17, 15) is 0 Å². The molecule has 5 nitrogen and oxygen atoms in total. The van der Waals surface area contributed by atoms with Crippen LogP contribution in [0.15, 0.2) is 173 Å². The molecule has 0 unspecified atom stereocenters. The van der Waals surface area contributed by atoms with Crippen LogP contribution in [0.3, 0.4) is 0 Å². The van der Waals surface area contributed by atoms with Gasteiger partial charge in [-0.15, -0.1) is 0 Å². The highest BCUT2D eigenvalue weighted by atomic mass is 16.3. The molecule has 76 heavy (non-hydrogen) atoms. The number of rotatable bonds is 5. The summed E-state index contributed by atoms with van der Waals surface area (Å²) < 4.78 is 14.5. The molecule has 0 amide bonds. The molecule has 4 heterocycles. The summed E-state index contributed by atoms with van der Waals surface area (Å²) >= 11 is 0. The number of anilines is 9. The Balaban J connectivity index is 1.17. The first kappa shape index (κ1) is 47.0. The highest BCUT2D eigenvalue weighted by Crippen LogP contribution is 2.55. The largest absolute Gasteiger partial charge is 0.468 e. The van der Waals surface area contributed by atoms with Gasteiger partial charge < -0.3 is 23.5 Å². The average molecular weight is 994 g/mol. The predicted molar refractivity (Wildman–Crippen MR) is 321 cm³/mol. The number of furan rings is 2. The Hall–Kier alpha value is -7.44. The molecule has 2 aliphatic heterocycles. The Kier molecular flexibility index (Phi) is 9.94. The molecular formula is C70H68BN3O2. The molecular weight excluding hydrogens is 926 g/mol. The summed E-state index contributed by atoms with van der Waals surface area (Å²) in [6.07, 6.45) is 4.53. The quantitative estimate of drug-likeness (QED) is 0.161. The maximum atomic E-state index is 7.78. The van der Waals surface area contributed by atoms with Gasteiger partial charge >= 0.3 is 0 Å². The van der Waals surface area contributed by atoms with Crippen molar-refractivity contribution in [1.82, 2.24) is 0 Å². The lowest BCUT2D eigenvalue weighted by atomic mass is 9.35. The normalized spacial score (nSPS) is 17.5. The van der Waals surface area contributed by atoms with Crippen LogP contribution in [0.25, 0.3) is 32.9 Å². The van der Waals surface area contributed by atoms with E-state index < -0.39 is 0 Å². The fraction of sp³-hybridized carbons (Fsp3) is 0.286. The Bertz CT molecular complexity index is 3980. The second-order valence-electron chi connectivity index (χ2n) is 26.3. The highest BCUT2D eigenvalue weighted by molar-refractivity contribution is 7.00. The molecule has 6 heteroatoms. The Morgan fingerprint density at radius 2 is 1.03 bits per heavy atom.